The number of aromatic amines is 3. The van der Waals surface area contributed by atoms with Gasteiger partial charge < -0.3 is 22.9 Å². The van der Waals surface area contributed by atoms with E-state index in [1.807, 2.05) is 0 Å². The molecule has 0 aliphatic heterocycles. The first-order valence-electron chi connectivity index (χ1n) is 5.22. The lowest BCUT2D eigenvalue weighted by Gasteiger charge is -2.05. The van der Waals surface area contributed by atoms with Crippen molar-refractivity contribution in [3.8, 4) is 0 Å². The maximum absolute atomic E-state index is 11.7. The van der Waals surface area contributed by atoms with Crippen LogP contribution in [0.25, 0.3) is 0 Å². The van der Waals surface area contributed by atoms with E-state index in [9.17, 15) is 9.59 Å². The lowest BCUT2D eigenvalue weighted by molar-refractivity contribution is -0.347. The highest BCUT2D eigenvalue weighted by molar-refractivity contribution is 5.46. The Labute approximate surface area is 105 Å². The van der Waals surface area contributed by atoms with Crippen LogP contribution in [-0.4, -0.2) is 15.0 Å². The summed E-state index contributed by atoms with van der Waals surface area (Å²) in [6, 6.07) is 0. The Morgan fingerprint density at radius 2 is 1.63 bits per heavy atom. The summed E-state index contributed by atoms with van der Waals surface area (Å²) in [6.07, 6.45) is -0.0909. The fourth-order valence-electron chi connectivity index (χ4n) is 1.63. The summed E-state index contributed by atoms with van der Waals surface area (Å²) in [6.45, 7) is 0. The topological polar surface area (TPSA) is 197 Å². The van der Waals surface area contributed by atoms with E-state index >= 15 is 0 Å². The van der Waals surface area contributed by atoms with Gasteiger partial charge in [-0.05, 0) is 0 Å². The number of rotatable bonds is 2. The molecule has 100 valence electrons. The molecule has 10 heteroatoms. The van der Waals surface area contributed by atoms with Crippen molar-refractivity contribution < 1.29 is 4.98 Å². The molecule has 2 aromatic heterocycles. The average molecular weight is 265 g/mol. The second kappa shape index (κ2) is 4.33. The Morgan fingerprint density at radius 1 is 1.00 bits per heavy atom. The van der Waals surface area contributed by atoms with Crippen molar-refractivity contribution in [2.75, 3.05) is 22.9 Å². The minimum atomic E-state index is -0.527. The molecular weight excluding hydrogens is 252 g/mol. The molecule has 0 fully saturated rings. The molecule has 0 saturated heterocycles. The van der Waals surface area contributed by atoms with E-state index in [4.69, 9.17) is 22.9 Å². The first-order valence-corrected chi connectivity index (χ1v) is 5.22. The van der Waals surface area contributed by atoms with Gasteiger partial charge in [0.15, 0.2) is 0 Å². The Hall–Kier alpha value is -3.04. The van der Waals surface area contributed by atoms with Crippen LogP contribution >= 0.6 is 0 Å². The van der Waals surface area contributed by atoms with Gasteiger partial charge in [-0.25, -0.2) is 9.97 Å². The fourth-order valence-corrected chi connectivity index (χ4v) is 1.63. The molecule has 0 aliphatic rings. The first-order chi connectivity index (χ1) is 8.88. The van der Waals surface area contributed by atoms with Crippen molar-refractivity contribution in [3.63, 3.8) is 0 Å². The highest BCUT2D eigenvalue weighted by atomic mass is 16.1. The molecule has 0 radical (unpaired) electrons. The van der Waals surface area contributed by atoms with E-state index < -0.39 is 11.1 Å². The molecule has 0 unspecified atom stereocenters. The van der Waals surface area contributed by atoms with Crippen LogP contribution in [0.4, 0.5) is 23.5 Å². The van der Waals surface area contributed by atoms with Gasteiger partial charge in [-0.3, -0.25) is 14.6 Å². The Bertz CT molecular complexity index is 683. The summed E-state index contributed by atoms with van der Waals surface area (Å²) in [5.74, 6) is -0.0886. The number of nitrogens with zero attached hydrogens (tertiary/aromatic N) is 1. The summed E-state index contributed by atoms with van der Waals surface area (Å²) in [7, 11) is 0. The Kier molecular flexibility index (Phi) is 2.83. The highest BCUT2D eigenvalue weighted by Gasteiger charge is 2.16. The van der Waals surface area contributed by atoms with E-state index in [-0.39, 0.29) is 41.1 Å². The maximum atomic E-state index is 11.7. The molecule has 10 nitrogen and oxygen atoms in total. The van der Waals surface area contributed by atoms with Gasteiger partial charge in [0, 0.05) is 6.42 Å². The molecule has 2 heterocycles. The smallest absolute Gasteiger partial charge is 0.312 e. The summed E-state index contributed by atoms with van der Waals surface area (Å²) >= 11 is 0. The van der Waals surface area contributed by atoms with Gasteiger partial charge in [-0.15, -0.1) is 0 Å². The SMILES string of the molecule is Nc1nc(N)c(Cc2c(N)[nH+]c(N)[nH]c2=O)c(=O)[nH]1. The molecule has 19 heavy (non-hydrogen) atoms. The van der Waals surface area contributed by atoms with E-state index in [2.05, 4.69) is 19.9 Å². The van der Waals surface area contributed by atoms with E-state index in [1.165, 1.54) is 0 Å². The fraction of sp³-hybridized carbons (Fsp3) is 0.111. The first kappa shape index (κ1) is 12.4. The molecular formula is C9H13N8O2+. The van der Waals surface area contributed by atoms with Crippen molar-refractivity contribution in [1.29, 1.82) is 0 Å². The van der Waals surface area contributed by atoms with Crippen LogP contribution in [0.1, 0.15) is 11.1 Å². The Balaban J connectivity index is 2.54. The van der Waals surface area contributed by atoms with Gasteiger partial charge in [0.1, 0.15) is 5.82 Å². The standard InChI is InChI=1S/C9H12N8O2/c10-4-2(6(18)16-8(12)14-4)1-3-5(11)15-9(13)17-7(3)19/h1H2,(H5,10,12,14,16,18)(H5,11,13,15,17,19)/p+1. The van der Waals surface area contributed by atoms with Crippen LogP contribution in [0.15, 0.2) is 9.59 Å². The van der Waals surface area contributed by atoms with Gasteiger partial charge in [0.25, 0.3) is 5.56 Å². The maximum Gasteiger partial charge on any atom is 0.312 e. The largest absolute Gasteiger partial charge is 0.383 e. The van der Waals surface area contributed by atoms with Crippen molar-refractivity contribution >= 4 is 23.5 Å². The summed E-state index contributed by atoms with van der Waals surface area (Å²) in [5.41, 5.74) is 21.2. The van der Waals surface area contributed by atoms with Gasteiger partial charge in [-0.2, -0.15) is 4.98 Å². The Morgan fingerprint density at radius 3 is 2.21 bits per heavy atom. The zero-order chi connectivity index (χ0) is 14.2. The minimum Gasteiger partial charge on any atom is -0.383 e. The summed E-state index contributed by atoms with van der Waals surface area (Å²) < 4.78 is 0. The molecule has 0 saturated carbocycles. The molecule has 11 N–H and O–H groups in total. The van der Waals surface area contributed by atoms with Crippen molar-refractivity contribution in [2.45, 2.75) is 6.42 Å². The number of nitrogen functional groups attached to an aromatic ring is 4. The number of H-pyrrole nitrogens is 3. The van der Waals surface area contributed by atoms with E-state index in [0.29, 0.717) is 0 Å². The molecule has 2 aromatic rings. The van der Waals surface area contributed by atoms with Crippen LogP contribution in [0, 0.1) is 0 Å². The second-order valence-electron chi connectivity index (χ2n) is 3.88. The van der Waals surface area contributed by atoms with Crippen molar-refractivity contribution in [3.05, 3.63) is 31.8 Å². The van der Waals surface area contributed by atoms with Crippen LogP contribution in [0.5, 0.6) is 0 Å². The second-order valence-corrected chi connectivity index (χ2v) is 3.88. The predicted octanol–water partition coefficient (Wildman–Crippen LogP) is -2.81. The third-order valence-corrected chi connectivity index (χ3v) is 2.54. The van der Waals surface area contributed by atoms with E-state index in [0.717, 1.165) is 0 Å². The lowest BCUT2D eigenvalue weighted by Crippen LogP contribution is -2.30. The van der Waals surface area contributed by atoms with Crippen molar-refractivity contribution in [1.82, 2.24) is 15.0 Å². The highest BCUT2D eigenvalue weighted by Crippen LogP contribution is 2.10. The lowest BCUT2D eigenvalue weighted by atomic mass is 10.1. The number of aromatic nitrogens is 4. The quantitative estimate of drug-likeness (QED) is 0.336. The predicted molar refractivity (Wildman–Crippen MR) is 68.9 cm³/mol. The monoisotopic (exact) mass is 265 g/mol. The van der Waals surface area contributed by atoms with Crippen molar-refractivity contribution in [2.24, 2.45) is 0 Å². The zero-order valence-electron chi connectivity index (χ0n) is 9.78. The van der Waals surface area contributed by atoms with E-state index in [1.54, 1.807) is 0 Å². The van der Waals surface area contributed by atoms with Gasteiger partial charge in [0.2, 0.25) is 11.8 Å². The van der Waals surface area contributed by atoms with Crippen LogP contribution in [-0.2, 0) is 6.42 Å². The van der Waals surface area contributed by atoms with Gasteiger partial charge in [0.05, 0.1) is 11.1 Å². The molecule has 0 amide bonds. The zero-order valence-corrected chi connectivity index (χ0v) is 9.78. The third-order valence-electron chi connectivity index (χ3n) is 2.54. The number of anilines is 4. The van der Waals surface area contributed by atoms with Gasteiger partial charge >= 0.3 is 11.5 Å². The number of hydrogen-bond donors (Lipinski definition) is 6. The molecule has 0 aliphatic carbocycles. The average Bonchev–Trinajstić information content (AvgIpc) is 2.25. The number of nitrogens with one attached hydrogen (secondary N) is 3. The molecule has 0 aromatic carbocycles. The normalized spacial score (nSPS) is 10.5. The molecule has 0 bridgehead atoms. The van der Waals surface area contributed by atoms with Crippen LogP contribution in [0.3, 0.4) is 0 Å². The number of hydrogen-bond acceptors (Lipinski definition) is 7. The molecule has 0 atom stereocenters. The van der Waals surface area contributed by atoms with Gasteiger partial charge in [-0.1, -0.05) is 0 Å². The van der Waals surface area contributed by atoms with Crippen LogP contribution < -0.4 is 39.0 Å². The molecule has 0 spiro atoms. The van der Waals surface area contributed by atoms with Crippen LogP contribution in [0.2, 0.25) is 0 Å². The third kappa shape index (κ3) is 2.31. The summed E-state index contributed by atoms with van der Waals surface area (Å²) in [4.78, 5) is 34.3. The minimum absolute atomic E-state index is 0.0172. The molecule has 2 rings (SSSR count). The summed E-state index contributed by atoms with van der Waals surface area (Å²) in [5, 5.41) is 0. The number of nitrogens with two attached hydrogens (primary N) is 4.